The minimum absolute atomic E-state index is 0.0183. The van der Waals surface area contributed by atoms with Crippen LogP contribution in [0.25, 0.3) is 22.4 Å². The molecule has 0 aliphatic carbocycles. The highest BCUT2D eigenvalue weighted by molar-refractivity contribution is 6.05. The Hall–Kier alpha value is -4.91. The molecule has 1 aliphatic rings. The Balaban J connectivity index is 1.29. The van der Waals surface area contributed by atoms with Gasteiger partial charge in [0.15, 0.2) is 5.65 Å². The second kappa shape index (κ2) is 11.2. The smallest absolute Gasteiger partial charge is 0.358 e. The van der Waals surface area contributed by atoms with E-state index < -0.39 is 17.8 Å². The summed E-state index contributed by atoms with van der Waals surface area (Å²) in [5.74, 6) is -0.0998. The van der Waals surface area contributed by atoms with E-state index in [-0.39, 0.29) is 17.5 Å². The maximum Gasteiger partial charge on any atom is 0.433 e. The summed E-state index contributed by atoms with van der Waals surface area (Å²) in [6.07, 6.45) is 4.03. The average Bonchev–Trinajstić information content (AvgIpc) is 3.43. The zero-order valence-electron chi connectivity index (χ0n) is 22.4. The number of carbonyl (C=O) groups is 1. The van der Waals surface area contributed by atoms with Crippen LogP contribution in [0.5, 0.6) is 0 Å². The Bertz CT molecular complexity index is 1770. The molecule has 1 aliphatic heterocycles. The van der Waals surface area contributed by atoms with Gasteiger partial charge in [0, 0.05) is 41.5 Å². The molecule has 1 aromatic carbocycles. The number of rotatable bonds is 6. The quantitative estimate of drug-likeness (QED) is 0.242. The molecule has 13 heteroatoms. The fourth-order valence-electron chi connectivity index (χ4n) is 4.79. The summed E-state index contributed by atoms with van der Waals surface area (Å²) in [5, 5.41) is 5.80. The van der Waals surface area contributed by atoms with Gasteiger partial charge in [-0.25, -0.2) is 19.9 Å². The molecule has 4 aromatic heterocycles. The lowest BCUT2D eigenvalue weighted by atomic mass is 10.1. The summed E-state index contributed by atoms with van der Waals surface area (Å²) >= 11 is 0. The van der Waals surface area contributed by atoms with Crippen LogP contribution >= 0.6 is 0 Å². The van der Waals surface area contributed by atoms with E-state index in [1.54, 1.807) is 36.8 Å². The van der Waals surface area contributed by atoms with Gasteiger partial charge in [0.05, 0.1) is 6.33 Å². The van der Waals surface area contributed by atoms with E-state index in [9.17, 15) is 18.0 Å². The van der Waals surface area contributed by atoms with Crippen molar-refractivity contribution in [3.63, 3.8) is 0 Å². The molecule has 0 saturated carbocycles. The average molecular weight is 575 g/mol. The highest BCUT2D eigenvalue weighted by Crippen LogP contribution is 2.34. The fourth-order valence-corrected chi connectivity index (χ4v) is 4.79. The largest absolute Gasteiger partial charge is 0.433 e. The minimum Gasteiger partial charge on any atom is -0.358 e. The highest BCUT2D eigenvalue weighted by atomic mass is 19.4. The summed E-state index contributed by atoms with van der Waals surface area (Å²) in [5.41, 5.74) is 3.03. The summed E-state index contributed by atoms with van der Waals surface area (Å²) in [6, 6.07) is 10.7. The number of aryl methyl sites for hydroxylation is 1. The first-order valence-electron chi connectivity index (χ1n) is 13.2. The molecule has 1 fully saturated rings. The van der Waals surface area contributed by atoms with Crippen LogP contribution in [0.4, 0.5) is 30.4 Å². The first-order chi connectivity index (χ1) is 20.3. The lowest BCUT2D eigenvalue weighted by Crippen LogP contribution is -2.17. The van der Waals surface area contributed by atoms with Gasteiger partial charge in [0.2, 0.25) is 0 Å². The molecule has 0 bridgehead atoms. The molecule has 0 radical (unpaired) electrons. The highest BCUT2D eigenvalue weighted by Gasteiger charge is 2.32. The van der Waals surface area contributed by atoms with Gasteiger partial charge < -0.3 is 15.4 Å². The normalized spacial score (nSPS) is 15.5. The predicted molar refractivity (Wildman–Crippen MR) is 149 cm³/mol. The van der Waals surface area contributed by atoms with Crippen molar-refractivity contribution >= 4 is 34.3 Å². The third-order valence-corrected chi connectivity index (χ3v) is 6.95. The monoisotopic (exact) mass is 574 g/mol. The zero-order valence-corrected chi connectivity index (χ0v) is 22.4. The molecular formula is C29H25F3N8O2. The topological polar surface area (TPSA) is 120 Å². The number of ether oxygens (including phenoxy) is 1. The lowest BCUT2D eigenvalue weighted by molar-refractivity contribution is -0.141. The number of aromatic nitrogens is 6. The first-order valence-corrected chi connectivity index (χ1v) is 13.2. The van der Waals surface area contributed by atoms with Gasteiger partial charge in [0.25, 0.3) is 5.91 Å². The van der Waals surface area contributed by atoms with Crippen LogP contribution in [0.3, 0.4) is 0 Å². The van der Waals surface area contributed by atoms with Crippen LogP contribution < -0.4 is 10.6 Å². The molecule has 42 heavy (non-hydrogen) atoms. The first kappa shape index (κ1) is 27.3. The van der Waals surface area contributed by atoms with E-state index >= 15 is 0 Å². The number of hydrogen-bond acceptors (Lipinski definition) is 8. The maximum atomic E-state index is 13.1. The third-order valence-electron chi connectivity index (χ3n) is 6.95. The number of alkyl halides is 3. The van der Waals surface area contributed by atoms with Crippen molar-refractivity contribution in [3.8, 4) is 11.3 Å². The second-order valence-electron chi connectivity index (χ2n) is 9.80. The molecule has 1 unspecified atom stereocenters. The Morgan fingerprint density at radius 3 is 2.71 bits per heavy atom. The number of imidazole rings is 1. The van der Waals surface area contributed by atoms with Crippen LogP contribution in [0.1, 0.15) is 47.1 Å². The molecule has 0 spiro atoms. The number of benzene rings is 1. The van der Waals surface area contributed by atoms with Crippen LogP contribution in [0, 0.1) is 6.92 Å². The van der Waals surface area contributed by atoms with Crippen LogP contribution in [-0.4, -0.2) is 42.0 Å². The Kier molecular flexibility index (Phi) is 7.25. The Morgan fingerprint density at radius 1 is 1.02 bits per heavy atom. The molecule has 5 heterocycles. The van der Waals surface area contributed by atoms with Crippen molar-refractivity contribution in [1.82, 2.24) is 29.5 Å². The number of hydrogen-bond donors (Lipinski definition) is 2. The van der Waals surface area contributed by atoms with E-state index in [1.807, 2.05) is 17.6 Å². The third kappa shape index (κ3) is 5.50. The van der Waals surface area contributed by atoms with Gasteiger partial charge in [-0.2, -0.15) is 13.2 Å². The van der Waals surface area contributed by atoms with Crippen LogP contribution in [-0.2, 0) is 10.9 Å². The van der Waals surface area contributed by atoms with Gasteiger partial charge in [-0.05, 0) is 68.1 Å². The molecule has 1 amide bonds. The van der Waals surface area contributed by atoms with E-state index in [0.717, 1.165) is 37.1 Å². The number of halogens is 3. The van der Waals surface area contributed by atoms with E-state index in [2.05, 4.69) is 35.6 Å². The number of fused-ring (bicyclic) bond motifs is 1. The summed E-state index contributed by atoms with van der Waals surface area (Å²) in [4.78, 5) is 34.4. The zero-order chi connectivity index (χ0) is 29.3. The van der Waals surface area contributed by atoms with Crippen molar-refractivity contribution in [3.05, 3.63) is 84.3 Å². The maximum absolute atomic E-state index is 13.1. The molecule has 5 aromatic rings. The van der Waals surface area contributed by atoms with Gasteiger partial charge >= 0.3 is 6.18 Å². The summed E-state index contributed by atoms with van der Waals surface area (Å²) in [6.45, 7) is 2.55. The molecule has 6 rings (SSSR count). The minimum atomic E-state index is -4.63. The second-order valence-corrected chi connectivity index (χ2v) is 9.80. The fraction of sp³-hybridized carbons (Fsp3) is 0.241. The molecule has 1 atom stereocenters. The standard InChI is InChI=1S/C29H25F3N8O2/c1-17-7-8-18(28(41)38-19-9-11-33-22(14-19)29(30,31)32)13-21(17)39-26-20(5-4-10-34-26)24-25-27(36-15-35-24)40(16-37-25)23-6-2-3-12-42-23/h4-5,7-11,13-16,23H,2-3,6,12H2,1H3,(H,34,39)(H,33,38,41). The summed E-state index contributed by atoms with van der Waals surface area (Å²) < 4.78 is 47.0. The Morgan fingerprint density at radius 2 is 1.90 bits per heavy atom. The van der Waals surface area contributed by atoms with Gasteiger partial charge in [-0.3, -0.25) is 14.3 Å². The molecule has 2 N–H and O–H groups in total. The number of pyridine rings is 2. The number of carbonyl (C=O) groups excluding carboxylic acids is 1. The molecule has 1 saturated heterocycles. The molecule has 10 nitrogen and oxygen atoms in total. The van der Waals surface area contributed by atoms with E-state index in [4.69, 9.17) is 4.74 Å². The predicted octanol–water partition coefficient (Wildman–Crippen LogP) is 6.31. The number of amides is 1. The number of nitrogens with one attached hydrogen (secondary N) is 2. The van der Waals surface area contributed by atoms with Crippen LogP contribution in [0.2, 0.25) is 0 Å². The molecule has 214 valence electrons. The number of nitrogens with zero attached hydrogens (tertiary/aromatic N) is 6. The summed E-state index contributed by atoms with van der Waals surface area (Å²) in [7, 11) is 0. The molecular weight excluding hydrogens is 549 g/mol. The number of anilines is 3. The van der Waals surface area contributed by atoms with Crippen molar-refractivity contribution in [1.29, 1.82) is 0 Å². The van der Waals surface area contributed by atoms with Crippen molar-refractivity contribution in [2.45, 2.75) is 38.6 Å². The van der Waals surface area contributed by atoms with Crippen molar-refractivity contribution in [2.24, 2.45) is 0 Å². The van der Waals surface area contributed by atoms with Gasteiger partial charge in [0.1, 0.15) is 35.3 Å². The van der Waals surface area contributed by atoms with Crippen molar-refractivity contribution < 1.29 is 22.7 Å². The van der Waals surface area contributed by atoms with E-state index in [1.165, 1.54) is 12.4 Å². The Labute approximate surface area is 238 Å². The van der Waals surface area contributed by atoms with Crippen molar-refractivity contribution in [2.75, 3.05) is 17.2 Å². The van der Waals surface area contributed by atoms with Crippen LogP contribution in [0.15, 0.2) is 67.5 Å². The van der Waals surface area contributed by atoms with E-state index in [0.29, 0.717) is 40.5 Å². The van der Waals surface area contributed by atoms with Gasteiger partial charge in [-0.1, -0.05) is 6.07 Å². The lowest BCUT2D eigenvalue weighted by Gasteiger charge is -2.23. The van der Waals surface area contributed by atoms with Gasteiger partial charge in [-0.15, -0.1) is 0 Å². The SMILES string of the molecule is Cc1ccc(C(=O)Nc2ccnc(C(F)(F)F)c2)cc1Nc1ncccc1-c1ncnc2c1ncn2C1CCCCO1.